The third kappa shape index (κ3) is 4.93. The van der Waals surface area contributed by atoms with Crippen LogP contribution in [0.1, 0.15) is 48.8 Å². The molecule has 1 saturated carbocycles. The molecule has 3 amide bonds. The second kappa shape index (κ2) is 10.7. The van der Waals surface area contributed by atoms with Gasteiger partial charge in [0.05, 0.1) is 12.1 Å². The number of aromatic nitrogens is 2. The third-order valence-corrected chi connectivity index (χ3v) is 8.76. The van der Waals surface area contributed by atoms with Gasteiger partial charge in [-0.2, -0.15) is 5.10 Å². The van der Waals surface area contributed by atoms with Gasteiger partial charge in [-0.3, -0.25) is 19.1 Å². The second-order valence-electron chi connectivity index (χ2n) is 11.4. The van der Waals surface area contributed by atoms with Crippen LogP contribution in [0.25, 0.3) is 11.1 Å². The number of hydrogen-bond donors (Lipinski definition) is 1. The zero-order valence-electron chi connectivity index (χ0n) is 23.2. The van der Waals surface area contributed by atoms with Gasteiger partial charge >= 0.3 is 12.1 Å². The van der Waals surface area contributed by atoms with Crippen LogP contribution in [0.15, 0.2) is 54.9 Å². The lowest BCUT2D eigenvalue weighted by Gasteiger charge is -2.36. The molecule has 6 rings (SSSR count). The minimum absolute atomic E-state index is 0.143. The minimum atomic E-state index is -1.47. The Kier molecular flexibility index (Phi) is 7.04. The van der Waals surface area contributed by atoms with E-state index in [9.17, 15) is 28.7 Å². The normalized spacial score (nSPS) is 23.2. The highest BCUT2D eigenvalue weighted by Gasteiger charge is 2.58. The Bertz CT molecular complexity index is 1560. The predicted octanol–water partition coefficient (Wildman–Crippen LogP) is 4.02. The molecule has 1 saturated heterocycles. The predicted molar refractivity (Wildman–Crippen MR) is 147 cm³/mol. The molecule has 0 radical (unpaired) electrons. The first-order valence-corrected chi connectivity index (χ1v) is 14.1. The molecule has 3 aromatic rings. The molecular weight excluding hydrogens is 543 g/mol. The maximum absolute atomic E-state index is 13.8. The summed E-state index contributed by atoms with van der Waals surface area (Å²) in [6, 6.07) is 11.2. The number of ether oxygens (including phenoxy) is 1. The Labute approximate surface area is 241 Å². The quantitative estimate of drug-likeness (QED) is 0.452. The van der Waals surface area contributed by atoms with Crippen molar-refractivity contribution < 1.29 is 33.4 Å². The summed E-state index contributed by atoms with van der Waals surface area (Å²) in [7, 11) is 1.83. The molecule has 2 heterocycles. The number of aliphatic carboxylic acids is 1. The molecule has 218 valence electrons. The van der Waals surface area contributed by atoms with Crippen molar-refractivity contribution >= 4 is 23.9 Å². The van der Waals surface area contributed by atoms with Crippen LogP contribution in [0.3, 0.4) is 0 Å². The van der Waals surface area contributed by atoms with Crippen LogP contribution < -0.4 is 0 Å². The summed E-state index contributed by atoms with van der Waals surface area (Å²) in [5.41, 5.74) is 2.61. The number of fused-ring (bicyclic) bond motifs is 2. The van der Waals surface area contributed by atoms with E-state index in [0.717, 1.165) is 21.6 Å². The first-order valence-electron chi connectivity index (χ1n) is 14.1. The maximum Gasteiger partial charge on any atom is 0.418 e. The van der Waals surface area contributed by atoms with Gasteiger partial charge in [0.25, 0.3) is 5.91 Å². The molecule has 0 unspecified atom stereocenters. The lowest BCUT2D eigenvalue weighted by Crippen LogP contribution is -2.48. The van der Waals surface area contributed by atoms with Gasteiger partial charge in [0.1, 0.15) is 12.4 Å². The Balaban J connectivity index is 1.22. The van der Waals surface area contributed by atoms with Crippen molar-refractivity contribution in [1.29, 1.82) is 0 Å². The van der Waals surface area contributed by atoms with E-state index in [1.807, 2.05) is 31.4 Å². The van der Waals surface area contributed by atoms with Gasteiger partial charge in [-0.05, 0) is 60.9 Å². The van der Waals surface area contributed by atoms with E-state index in [-0.39, 0.29) is 19.0 Å². The van der Waals surface area contributed by atoms with Crippen molar-refractivity contribution in [3.63, 3.8) is 0 Å². The number of carbonyl (C=O) groups excluding carboxylic acids is 3. The van der Waals surface area contributed by atoms with E-state index in [2.05, 4.69) is 5.10 Å². The maximum atomic E-state index is 13.8. The molecular formula is C31H31FN4O6. The van der Waals surface area contributed by atoms with Gasteiger partial charge in [0.2, 0.25) is 11.5 Å². The molecule has 1 spiro atoms. The average Bonchev–Trinajstić information content (AvgIpc) is 3.65. The van der Waals surface area contributed by atoms with Crippen molar-refractivity contribution in [2.24, 2.45) is 13.0 Å². The summed E-state index contributed by atoms with van der Waals surface area (Å²) in [6.45, 7) is -0.355. The van der Waals surface area contributed by atoms with E-state index in [0.29, 0.717) is 43.2 Å². The molecule has 10 nitrogen and oxygen atoms in total. The molecule has 0 bridgehead atoms. The highest BCUT2D eigenvalue weighted by Crippen LogP contribution is 2.46. The first kappa shape index (κ1) is 27.6. The topological polar surface area (TPSA) is 122 Å². The SMILES string of the molecule is Cn1cc(-c2ccc3c(c2)CC[C@@]32OC(=O)N(CC(=O)N(Cc3ccc(F)cc3)C3CCC(C(=O)O)CC3)C2=O)cn1. The van der Waals surface area contributed by atoms with E-state index in [4.69, 9.17) is 4.74 Å². The van der Waals surface area contributed by atoms with Crippen molar-refractivity contribution in [3.05, 3.63) is 77.4 Å². The minimum Gasteiger partial charge on any atom is -0.481 e. The van der Waals surface area contributed by atoms with Crippen molar-refractivity contribution in [1.82, 2.24) is 19.6 Å². The van der Waals surface area contributed by atoms with Crippen LogP contribution in [0.2, 0.25) is 0 Å². The summed E-state index contributed by atoms with van der Waals surface area (Å²) in [6.07, 6.45) is 5.38. The third-order valence-electron chi connectivity index (χ3n) is 8.76. The highest BCUT2D eigenvalue weighted by molar-refractivity contribution is 6.06. The zero-order chi connectivity index (χ0) is 29.6. The monoisotopic (exact) mass is 574 g/mol. The van der Waals surface area contributed by atoms with Gasteiger partial charge in [0.15, 0.2) is 0 Å². The van der Waals surface area contributed by atoms with Gasteiger partial charge in [-0.25, -0.2) is 14.1 Å². The van der Waals surface area contributed by atoms with E-state index in [1.54, 1.807) is 27.9 Å². The molecule has 2 aliphatic carbocycles. The molecule has 2 fully saturated rings. The Morgan fingerprint density at radius 2 is 1.83 bits per heavy atom. The summed E-state index contributed by atoms with van der Waals surface area (Å²) in [5.74, 6) is -2.75. The van der Waals surface area contributed by atoms with Crippen LogP contribution in [0, 0.1) is 11.7 Å². The van der Waals surface area contributed by atoms with Crippen LogP contribution in [0.5, 0.6) is 0 Å². The second-order valence-corrected chi connectivity index (χ2v) is 11.4. The summed E-state index contributed by atoms with van der Waals surface area (Å²) < 4.78 is 21.0. The van der Waals surface area contributed by atoms with Gasteiger partial charge < -0.3 is 14.7 Å². The molecule has 2 aromatic carbocycles. The summed E-state index contributed by atoms with van der Waals surface area (Å²) >= 11 is 0. The fourth-order valence-electron chi connectivity index (χ4n) is 6.47. The summed E-state index contributed by atoms with van der Waals surface area (Å²) in [4.78, 5) is 54.6. The lowest BCUT2D eigenvalue weighted by atomic mass is 9.85. The van der Waals surface area contributed by atoms with E-state index < -0.39 is 47.8 Å². The Hall–Kier alpha value is -4.54. The number of hydrogen-bond acceptors (Lipinski definition) is 6. The van der Waals surface area contributed by atoms with Gasteiger partial charge in [0, 0.05) is 43.4 Å². The van der Waals surface area contributed by atoms with Crippen molar-refractivity contribution in [2.45, 2.75) is 56.7 Å². The number of benzene rings is 2. The fourth-order valence-corrected chi connectivity index (χ4v) is 6.47. The molecule has 11 heteroatoms. The van der Waals surface area contributed by atoms with Crippen LogP contribution in [-0.2, 0) is 44.7 Å². The molecule has 1 N–H and O–H groups in total. The van der Waals surface area contributed by atoms with E-state index in [1.165, 1.54) is 12.1 Å². The molecule has 1 aliphatic heterocycles. The lowest BCUT2D eigenvalue weighted by molar-refractivity contribution is -0.145. The van der Waals surface area contributed by atoms with Gasteiger partial charge in [-0.1, -0.05) is 30.3 Å². The van der Waals surface area contributed by atoms with E-state index >= 15 is 0 Å². The number of rotatable bonds is 7. The molecule has 3 aliphatic rings. The highest BCUT2D eigenvalue weighted by atomic mass is 19.1. The molecule has 1 aromatic heterocycles. The fraction of sp³-hybridized carbons (Fsp3) is 0.387. The number of carboxylic acid groups (broad SMARTS) is 1. The Morgan fingerprint density at radius 3 is 2.50 bits per heavy atom. The Morgan fingerprint density at radius 1 is 1.10 bits per heavy atom. The number of amides is 3. The number of halogens is 1. The smallest absolute Gasteiger partial charge is 0.418 e. The summed E-state index contributed by atoms with van der Waals surface area (Å²) in [5, 5.41) is 13.6. The van der Waals surface area contributed by atoms with Crippen LogP contribution >= 0.6 is 0 Å². The molecule has 42 heavy (non-hydrogen) atoms. The van der Waals surface area contributed by atoms with Crippen LogP contribution in [-0.4, -0.2) is 61.2 Å². The van der Waals surface area contributed by atoms with Gasteiger partial charge in [-0.15, -0.1) is 0 Å². The first-order chi connectivity index (χ1) is 20.1. The number of imide groups is 1. The standard InChI is InChI=1S/C31H31FN4O6/c1-34-17-23(15-33-34)21-6-11-26-22(14-21)12-13-31(26)29(40)36(30(41)42-31)18-27(37)35(16-19-2-7-24(32)8-3-19)25-9-4-20(5-10-25)28(38)39/h2-3,6-8,11,14-15,17,20,25H,4-5,9-10,12-13,16,18H2,1H3,(H,38,39)/t20?,25?,31-/m1/s1. The largest absolute Gasteiger partial charge is 0.481 e. The number of aryl methyl sites for hydroxylation is 2. The van der Waals surface area contributed by atoms with Crippen molar-refractivity contribution in [3.8, 4) is 11.1 Å². The van der Waals surface area contributed by atoms with Crippen LogP contribution in [0.4, 0.5) is 9.18 Å². The zero-order valence-corrected chi connectivity index (χ0v) is 23.2. The van der Waals surface area contributed by atoms with Crippen molar-refractivity contribution in [2.75, 3.05) is 6.54 Å². The molecule has 1 atom stereocenters. The number of nitrogens with zero attached hydrogens (tertiary/aromatic N) is 4. The number of carboxylic acids is 1. The average molecular weight is 575 g/mol. The number of carbonyl (C=O) groups is 4.